The molecule has 1 fully saturated rings. The Morgan fingerprint density at radius 1 is 1.30 bits per heavy atom. The highest BCUT2D eigenvalue weighted by molar-refractivity contribution is 4.80. The van der Waals surface area contributed by atoms with Gasteiger partial charge in [0.05, 0.1) is 0 Å². The van der Waals surface area contributed by atoms with Crippen molar-refractivity contribution in [1.29, 1.82) is 0 Å². The predicted molar refractivity (Wildman–Crippen MR) is 46.3 cm³/mol. The van der Waals surface area contributed by atoms with Gasteiger partial charge in [0.25, 0.3) is 0 Å². The topological polar surface area (TPSA) is 15.3 Å². The molecule has 0 bridgehead atoms. The van der Waals surface area contributed by atoms with Crippen molar-refractivity contribution < 1.29 is 0 Å². The fourth-order valence-electron chi connectivity index (χ4n) is 0.639. The van der Waals surface area contributed by atoms with E-state index in [1.54, 1.807) is 0 Å². The Balaban J connectivity index is 0.000000236. The van der Waals surface area contributed by atoms with Gasteiger partial charge in [0.1, 0.15) is 0 Å². The zero-order chi connectivity index (χ0) is 7.98. The minimum atomic E-state index is 0.806. The molecule has 0 aromatic rings. The van der Waals surface area contributed by atoms with E-state index in [2.05, 4.69) is 38.2 Å². The first kappa shape index (κ1) is 9.92. The maximum atomic E-state index is 3.20. The Morgan fingerprint density at radius 2 is 1.70 bits per heavy atom. The van der Waals surface area contributed by atoms with E-state index >= 15 is 0 Å². The summed E-state index contributed by atoms with van der Waals surface area (Å²) in [5.74, 6) is 0. The molecule has 0 amide bonds. The number of nitrogens with one attached hydrogen (secondary N) is 1. The predicted octanol–water partition coefficient (Wildman–Crippen LogP) is 0.936. The summed E-state index contributed by atoms with van der Waals surface area (Å²) in [4.78, 5) is 2.25. The molecule has 10 heavy (non-hydrogen) atoms. The summed E-state index contributed by atoms with van der Waals surface area (Å²) < 4.78 is 0. The van der Waals surface area contributed by atoms with Gasteiger partial charge in [0.2, 0.25) is 0 Å². The summed E-state index contributed by atoms with van der Waals surface area (Å²) in [5, 5.41) is 3.20. The van der Waals surface area contributed by atoms with Crippen molar-refractivity contribution in [2.75, 3.05) is 27.2 Å². The third kappa shape index (κ3) is 3.85. The van der Waals surface area contributed by atoms with Gasteiger partial charge in [-0.2, -0.15) is 0 Å². The van der Waals surface area contributed by atoms with Crippen molar-refractivity contribution in [2.24, 2.45) is 0 Å². The Kier molecular flexibility index (Phi) is 5.64. The fraction of sp³-hybridized carbons (Fsp3) is 1.00. The summed E-state index contributed by atoms with van der Waals surface area (Å²) in [7, 11) is 4.23. The van der Waals surface area contributed by atoms with Crippen LogP contribution in [0, 0.1) is 0 Å². The first-order valence-corrected chi connectivity index (χ1v) is 4.09. The molecule has 1 rings (SSSR count). The van der Waals surface area contributed by atoms with Crippen LogP contribution >= 0.6 is 0 Å². The van der Waals surface area contributed by atoms with Gasteiger partial charge in [-0.3, -0.25) is 0 Å². The van der Waals surface area contributed by atoms with E-state index in [0.29, 0.717) is 0 Å². The van der Waals surface area contributed by atoms with Crippen molar-refractivity contribution in [3.8, 4) is 0 Å². The van der Waals surface area contributed by atoms with Crippen LogP contribution in [0.25, 0.3) is 0 Å². The smallest absolute Gasteiger partial charge is 0.0339 e. The second-order valence-electron chi connectivity index (χ2n) is 2.98. The van der Waals surface area contributed by atoms with Gasteiger partial charge in [-0.15, -0.1) is 0 Å². The highest BCUT2D eigenvalue weighted by Gasteiger charge is 2.17. The van der Waals surface area contributed by atoms with Gasteiger partial charge in [-0.25, -0.2) is 0 Å². The minimum absolute atomic E-state index is 0.806. The molecule has 0 spiro atoms. The molecule has 2 heteroatoms. The van der Waals surface area contributed by atoms with Crippen LogP contribution in [0.1, 0.15) is 20.3 Å². The fourth-order valence-corrected chi connectivity index (χ4v) is 0.639. The van der Waals surface area contributed by atoms with Gasteiger partial charge in [0, 0.05) is 19.1 Å². The molecule has 1 heterocycles. The summed E-state index contributed by atoms with van der Waals surface area (Å²) in [6, 6.07) is 0.806. The molecular weight excluding hydrogens is 124 g/mol. The number of rotatable bonds is 1. The second-order valence-corrected chi connectivity index (χ2v) is 2.98. The van der Waals surface area contributed by atoms with Crippen molar-refractivity contribution in [2.45, 2.75) is 26.3 Å². The molecule has 1 aliphatic heterocycles. The summed E-state index contributed by atoms with van der Waals surface area (Å²) >= 11 is 0. The van der Waals surface area contributed by atoms with Crippen LogP contribution in [0.15, 0.2) is 0 Å². The number of likely N-dealkylation sites (N-methyl/N-ethyl adjacent to an activating group) is 1. The molecule has 62 valence electrons. The molecule has 1 saturated heterocycles. The normalized spacial score (nSPS) is 17.7. The van der Waals surface area contributed by atoms with Crippen molar-refractivity contribution >= 4 is 0 Å². The highest BCUT2D eigenvalue weighted by Crippen LogP contribution is 1.96. The molecule has 2 nitrogen and oxygen atoms in total. The average Bonchev–Trinajstić information content (AvgIpc) is 1.59. The van der Waals surface area contributed by atoms with Gasteiger partial charge < -0.3 is 10.2 Å². The first-order chi connectivity index (χ1) is 4.72. The van der Waals surface area contributed by atoms with Crippen LogP contribution < -0.4 is 5.32 Å². The molecule has 0 atom stereocenters. The largest absolute Gasteiger partial charge is 0.314 e. The van der Waals surface area contributed by atoms with Crippen molar-refractivity contribution in [3.05, 3.63) is 0 Å². The third-order valence-electron chi connectivity index (χ3n) is 1.49. The number of nitrogens with zero attached hydrogens (tertiary/aromatic N) is 1. The molecule has 0 aromatic heterocycles. The van der Waals surface area contributed by atoms with Crippen LogP contribution in [0.2, 0.25) is 0 Å². The van der Waals surface area contributed by atoms with Gasteiger partial charge >= 0.3 is 0 Å². The maximum Gasteiger partial charge on any atom is 0.0339 e. The zero-order valence-corrected chi connectivity index (χ0v) is 7.65. The molecule has 0 saturated carbocycles. The summed E-state index contributed by atoms with van der Waals surface area (Å²) in [5.41, 5.74) is 0. The first-order valence-electron chi connectivity index (χ1n) is 4.09. The van der Waals surface area contributed by atoms with Crippen LogP contribution in [0.3, 0.4) is 0 Å². The van der Waals surface area contributed by atoms with Crippen LogP contribution in [-0.4, -0.2) is 38.1 Å². The molecule has 0 unspecified atom stereocenters. The quantitative estimate of drug-likeness (QED) is 0.589. The number of hydrogen-bond donors (Lipinski definition) is 1. The van der Waals surface area contributed by atoms with Gasteiger partial charge in [-0.05, 0) is 14.1 Å². The Labute approximate surface area is 64.6 Å². The average molecular weight is 144 g/mol. The second kappa shape index (κ2) is 5.69. The standard InChI is InChI=1S/C5H12N2.C3H8/c1-7(2)5-3-6-4-5;1-3-2/h5-6H,3-4H2,1-2H3;3H2,1-2H3. The van der Waals surface area contributed by atoms with Crippen molar-refractivity contribution in [3.63, 3.8) is 0 Å². The monoisotopic (exact) mass is 144 g/mol. The van der Waals surface area contributed by atoms with E-state index in [1.165, 1.54) is 19.5 Å². The zero-order valence-electron chi connectivity index (χ0n) is 7.65. The lowest BCUT2D eigenvalue weighted by atomic mass is 10.2. The maximum absolute atomic E-state index is 3.20. The van der Waals surface area contributed by atoms with E-state index in [9.17, 15) is 0 Å². The van der Waals surface area contributed by atoms with Crippen LogP contribution in [-0.2, 0) is 0 Å². The van der Waals surface area contributed by atoms with E-state index < -0.39 is 0 Å². The van der Waals surface area contributed by atoms with E-state index in [1.807, 2.05) is 0 Å². The van der Waals surface area contributed by atoms with E-state index in [4.69, 9.17) is 0 Å². The number of hydrogen-bond acceptors (Lipinski definition) is 2. The molecule has 0 aliphatic carbocycles. The minimum Gasteiger partial charge on any atom is -0.314 e. The Hall–Kier alpha value is -0.0800. The SMILES string of the molecule is CCC.CN(C)C1CNC1. The van der Waals surface area contributed by atoms with Crippen LogP contribution in [0.5, 0.6) is 0 Å². The molecule has 1 N–H and O–H groups in total. The van der Waals surface area contributed by atoms with Crippen molar-refractivity contribution in [1.82, 2.24) is 10.2 Å². The third-order valence-corrected chi connectivity index (χ3v) is 1.49. The lowest BCUT2D eigenvalue weighted by Gasteiger charge is -2.32. The summed E-state index contributed by atoms with van der Waals surface area (Å²) in [6.45, 7) is 6.60. The summed E-state index contributed by atoms with van der Waals surface area (Å²) in [6.07, 6.45) is 1.25. The van der Waals surface area contributed by atoms with E-state index in [0.717, 1.165) is 6.04 Å². The molecule has 1 aliphatic rings. The van der Waals surface area contributed by atoms with E-state index in [-0.39, 0.29) is 0 Å². The van der Waals surface area contributed by atoms with Gasteiger partial charge in [0.15, 0.2) is 0 Å². The lowest BCUT2D eigenvalue weighted by Crippen LogP contribution is -2.54. The molecule has 0 radical (unpaired) electrons. The van der Waals surface area contributed by atoms with Crippen LogP contribution in [0.4, 0.5) is 0 Å². The lowest BCUT2D eigenvalue weighted by molar-refractivity contribution is 0.216. The Bertz CT molecular complexity index is 67.7. The Morgan fingerprint density at radius 3 is 1.70 bits per heavy atom. The molecular formula is C8H20N2. The highest BCUT2D eigenvalue weighted by atomic mass is 15.2. The van der Waals surface area contributed by atoms with Gasteiger partial charge in [-0.1, -0.05) is 20.3 Å². The molecule has 0 aromatic carbocycles.